The zero-order chi connectivity index (χ0) is 15.4. The molecule has 1 aromatic heterocycles. The summed E-state index contributed by atoms with van der Waals surface area (Å²) in [4.78, 5) is 18.3. The van der Waals surface area contributed by atoms with Crippen LogP contribution in [0.3, 0.4) is 0 Å². The van der Waals surface area contributed by atoms with Crippen LogP contribution in [0.4, 0.5) is 11.5 Å². The summed E-state index contributed by atoms with van der Waals surface area (Å²) in [5, 5.41) is 12.1. The van der Waals surface area contributed by atoms with Gasteiger partial charge in [0.2, 0.25) is 5.91 Å². The van der Waals surface area contributed by atoms with Gasteiger partial charge < -0.3 is 20.7 Å². The Hall–Kier alpha value is -2.33. The van der Waals surface area contributed by atoms with Crippen LogP contribution in [0.15, 0.2) is 12.3 Å². The number of carbonyl (C=O) groups is 1. The summed E-state index contributed by atoms with van der Waals surface area (Å²) >= 11 is 0. The third-order valence-electron chi connectivity index (χ3n) is 3.14. The molecular weight excluding hydrogens is 270 g/mol. The first-order valence-corrected chi connectivity index (χ1v) is 6.83. The number of rotatable bonds is 3. The van der Waals surface area contributed by atoms with Gasteiger partial charge in [-0.05, 0) is 19.9 Å². The molecule has 1 fully saturated rings. The first-order valence-electron chi connectivity index (χ1n) is 6.83. The van der Waals surface area contributed by atoms with Gasteiger partial charge in [-0.2, -0.15) is 5.26 Å². The van der Waals surface area contributed by atoms with Crippen molar-refractivity contribution in [2.24, 2.45) is 0 Å². The van der Waals surface area contributed by atoms with Crippen LogP contribution in [0, 0.1) is 11.3 Å². The van der Waals surface area contributed by atoms with Crippen LogP contribution < -0.4 is 16.0 Å². The smallest absolute Gasteiger partial charge is 0.245 e. The number of nitriles is 1. The second-order valence-corrected chi connectivity index (χ2v) is 5.20. The van der Waals surface area contributed by atoms with E-state index in [0.717, 1.165) is 0 Å². The summed E-state index contributed by atoms with van der Waals surface area (Å²) < 4.78 is 5.40. The molecule has 0 bridgehead atoms. The molecule has 21 heavy (non-hydrogen) atoms. The van der Waals surface area contributed by atoms with Gasteiger partial charge in [-0.3, -0.25) is 4.79 Å². The van der Waals surface area contributed by atoms with Crippen molar-refractivity contribution in [3.63, 3.8) is 0 Å². The maximum Gasteiger partial charge on any atom is 0.245 e. The Morgan fingerprint density at radius 1 is 1.67 bits per heavy atom. The highest BCUT2D eigenvalue weighted by Gasteiger charge is 2.32. The van der Waals surface area contributed by atoms with Gasteiger partial charge in [0.25, 0.3) is 0 Å². The lowest BCUT2D eigenvalue weighted by Gasteiger charge is -2.36. The van der Waals surface area contributed by atoms with E-state index >= 15 is 0 Å². The number of hydrogen-bond donors (Lipinski definition) is 2. The van der Waals surface area contributed by atoms with Gasteiger partial charge >= 0.3 is 0 Å². The van der Waals surface area contributed by atoms with Gasteiger partial charge in [0.05, 0.1) is 30.7 Å². The fourth-order valence-electron chi connectivity index (χ4n) is 2.24. The van der Waals surface area contributed by atoms with Crippen molar-refractivity contribution < 1.29 is 9.53 Å². The molecule has 1 aliphatic heterocycles. The Bertz CT molecular complexity index is 567. The first kappa shape index (κ1) is 15.1. The summed E-state index contributed by atoms with van der Waals surface area (Å²) in [5.74, 6) is 0.339. The molecular formula is C14H19N5O2. The Balaban J connectivity index is 2.31. The van der Waals surface area contributed by atoms with E-state index in [1.54, 1.807) is 11.0 Å². The summed E-state index contributed by atoms with van der Waals surface area (Å²) in [6, 6.07) is 3.18. The van der Waals surface area contributed by atoms with E-state index in [0.29, 0.717) is 30.2 Å². The van der Waals surface area contributed by atoms with Crippen molar-refractivity contribution in [2.75, 3.05) is 30.4 Å². The zero-order valence-corrected chi connectivity index (χ0v) is 12.2. The van der Waals surface area contributed by atoms with Crippen molar-refractivity contribution >= 4 is 17.4 Å². The van der Waals surface area contributed by atoms with Crippen LogP contribution in [0.1, 0.15) is 19.4 Å². The fourth-order valence-corrected chi connectivity index (χ4v) is 2.24. The normalized spacial score (nSPS) is 18.4. The highest BCUT2D eigenvalue weighted by Crippen LogP contribution is 2.23. The number of carbonyl (C=O) groups excluding carboxylic acids is 1. The molecule has 0 spiro atoms. The van der Waals surface area contributed by atoms with Crippen LogP contribution in [0.25, 0.3) is 0 Å². The average Bonchev–Trinajstić information content (AvgIpc) is 2.46. The Labute approximate surface area is 123 Å². The summed E-state index contributed by atoms with van der Waals surface area (Å²) in [6.45, 7) is 5.06. The minimum Gasteiger partial charge on any atom is -0.397 e. The number of nitrogens with zero attached hydrogens (tertiary/aromatic N) is 3. The van der Waals surface area contributed by atoms with Gasteiger partial charge in [-0.15, -0.1) is 0 Å². The number of nitrogens with one attached hydrogen (secondary N) is 1. The number of pyridine rings is 1. The van der Waals surface area contributed by atoms with Gasteiger partial charge in [0.15, 0.2) is 0 Å². The van der Waals surface area contributed by atoms with Crippen LogP contribution in [0.5, 0.6) is 0 Å². The molecule has 1 aliphatic rings. The van der Waals surface area contributed by atoms with E-state index in [4.69, 9.17) is 10.5 Å². The maximum absolute atomic E-state index is 12.3. The molecule has 7 heteroatoms. The van der Waals surface area contributed by atoms with Crippen LogP contribution in [-0.4, -0.2) is 42.7 Å². The molecule has 1 saturated heterocycles. The molecule has 112 valence electrons. The minimum atomic E-state index is -0.496. The minimum absolute atomic E-state index is 0.0380. The molecule has 7 nitrogen and oxygen atoms in total. The Morgan fingerprint density at radius 2 is 2.43 bits per heavy atom. The molecule has 1 amide bonds. The molecule has 0 radical (unpaired) electrons. The topological polar surface area (TPSA) is 104 Å². The summed E-state index contributed by atoms with van der Waals surface area (Å²) in [7, 11) is 0. The lowest BCUT2D eigenvalue weighted by atomic mass is 10.1. The molecule has 2 heterocycles. The van der Waals surface area contributed by atoms with Crippen LogP contribution >= 0.6 is 0 Å². The summed E-state index contributed by atoms with van der Waals surface area (Å²) in [5.41, 5.74) is 6.44. The number of nitrogen functional groups attached to an aromatic ring is 1. The molecule has 3 N–H and O–H groups in total. The standard InChI is InChI=1S/C14H19N5O2/c1-9(2)18-14(20)12-8-21-4-3-19(12)13-10(6-15)5-11(16)7-17-13/h5,7,9,12H,3-4,8,16H2,1-2H3,(H,18,20). The van der Waals surface area contributed by atoms with Crippen LogP contribution in [-0.2, 0) is 9.53 Å². The van der Waals surface area contributed by atoms with E-state index in [9.17, 15) is 10.1 Å². The maximum atomic E-state index is 12.3. The molecule has 1 atom stereocenters. The van der Waals surface area contributed by atoms with E-state index in [1.165, 1.54) is 6.20 Å². The van der Waals surface area contributed by atoms with E-state index < -0.39 is 6.04 Å². The van der Waals surface area contributed by atoms with Gasteiger partial charge in [0.1, 0.15) is 17.9 Å². The fraction of sp³-hybridized carbons (Fsp3) is 0.500. The van der Waals surface area contributed by atoms with E-state index in [1.807, 2.05) is 13.8 Å². The average molecular weight is 289 g/mol. The SMILES string of the molecule is CC(C)NC(=O)C1COCCN1c1ncc(N)cc1C#N. The second-order valence-electron chi connectivity index (χ2n) is 5.20. The lowest BCUT2D eigenvalue weighted by molar-refractivity contribution is -0.125. The van der Waals surface area contributed by atoms with Crippen molar-refractivity contribution in [2.45, 2.75) is 25.9 Å². The Kier molecular flexibility index (Phi) is 4.60. The highest BCUT2D eigenvalue weighted by atomic mass is 16.5. The van der Waals surface area contributed by atoms with E-state index in [-0.39, 0.29) is 18.6 Å². The van der Waals surface area contributed by atoms with E-state index in [2.05, 4.69) is 16.4 Å². The predicted molar refractivity (Wildman–Crippen MR) is 78.6 cm³/mol. The lowest BCUT2D eigenvalue weighted by Crippen LogP contribution is -2.55. The number of anilines is 2. The summed E-state index contributed by atoms with van der Waals surface area (Å²) in [6.07, 6.45) is 1.49. The Morgan fingerprint density at radius 3 is 3.10 bits per heavy atom. The number of ether oxygens (including phenoxy) is 1. The third kappa shape index (κ3) is 3.41. The quantitative estimate of drug-likeness (QED) is 0.827. The molecule has 1 aromatic rings. The molecule has 2 rings (SSSR count). The van der Waals surface area contributed by atoms with Crippen molar-refractivity contribution in [1.29, 1.82) is 5.26 Å². The number of hydrogen-bond acceptors (Lipinski definition) is 6. The molecule has 0 aliphatic carbocycles. The van der Waals surface area contributed by atoms with Gasteiger partial charge in [-0.1, -0.05) is 0 Å². The number of aromatic nitrogens is 1. The van der Waals surface area contributed by atoms with Gasteiger partial charge in [-0.25, -0.2) is 4.98 Å². The second kappa shape index (κ2) is 6.41. The largest absolute Gasteiger partial charge is 0.397 e. The number of morpholine rings is 1. The van der Waals surface area contributed by atoms with Crippen molar-refractivity contribution in [3.05, 3.63) is 17.8 Å². The van der Waals surface area contributed by atoms with Crippen molar-refractivity contribution in [3.8, 4) is 6.07 Å². The predicted octanol–water partition coefficient (Wildman–Crippen LogP) is 0.265. The molecule has 0 saturated carbocycles. The number of nitrogens with two attached hydrogens (primary N) is 1. The first-order chi connectivity index (χ1) is 10.0. The zero-order valence-electron chi connectivity index (χ0n) is 12.2. The molecule has 0 aromatic carbocycles. The monoisotopic (exact) mass is 289 g/mol. The van der Waals surface area contributed by atoms with Crippen molar-refractivity contribution in [1.82, 2.24) is 10.3 Å². The number of amides is 1. The van der Waals surface area contributed by atoms with Gasteiger partial charge in [0, 0.05) is 12.6 Å². The highest BCUT2D eigenvalue weighted by molar-refractivity contribution is 5.86. The van der Waals surface area contributed by atoms with Crippen LogP contribution in [0.2, 0.25) is 0 Å². The molecule has 1 unspecified atom stereocenters. The third-order valence-corrected chi connectivity index (χ3v) is 3.14.